The van der Waals surface area contributed by atoms with Gasteiger partial charge in [0.1, 0.15) is 0 Å². The van der Waals surface area contributed by atoms with Gasteiger partial charge in [-0.3, -0.25) is 4.99 Å². The van der Waals surface area contributed by atoms with Crippen LogP contribution >= 0.6 is 46.7 Å². The molecule has 2 aromatic heterocycles. The van der Waals surface area contributed by atoms with E-state index >= 15 is 0 Å². The lowest BCUT2D eigenvalue weighted by Crippen LogP contribution is -2.40. The second kappa shape index (κ2) is 11.1. The van der Waals surface area contributed by atoms with E-state index in [-0.39, 0.29) is 24.0 Å². The van der Waals surface area contributed by atoms with Gasteiger partial charge < -0.3 is 15.1 Å². The van der Waals surface area contributed by atoms with Crippen LogP contribution in [0.25, 0.3) is 0 Å². The maximum absolute atomic E-state index is 4.78. The fourth-order valence-electron chi connectivity index (χ4n) is 2.99. The summed E-state index contributed by atoms with van der Waals surface area (Å²) in [6.45, 7) is 4.15. The lowest BCUT2D eigenvalue weighted by Gasteiger charge is -2.21. The number of hydrogen-bond donors (Lipinski definition) is 1. The molecule has 3 heterocycles. The summed E-state index contributed by atoms with van der Waals surface area (Å²) >= 11 is 3.59. The van der Waals surface area contributed by atoms with Crippen LogP contribution < -0.4 is 10.2 Å². The summed E-state index contributed by atoms with van der Waals surface area (Å²) in [4.78, 5) is 15.2. The van der Waals surface area contributed by atoms with Crippen LogP contribution in [0, 0.1) is 0 Å². The van der Waals surface area contributed by atoms with Crippen molar-refractivity contribution in [1.82, 2.24) is 15.2 Å². The standard InChI is InChI=1S/C18H27N5S2.HI/c1-19-17(22(2)12-8-16-6-5-13-24-16)20-9-7-15-14-25-18(21-15)23-10-3-4-11-23;/h5-6,13-14H,3-4,7-12H2,1-2H3,(H,19,20);1H. The molecule has 26 heavy (non-hydrogen) atoms. The van der Waals surface area contributed by atoms with Gasteiger partial charge in [0.15, 0.2) is 11.1 Å². The third kappa shape index (κ3) is 6.09. The van der Waals surface area contributed by atoms with Crippen LogP contribution in [0.3, 0.4) is 0 Å². The van der Waals surface area contributed by atoms with E-state index in [0.717, 1.165) is 45.0 Å². The molecule has 0 atom stereocenters. The van der Waals surface area contributed by atoms with Gasteiger partial charge in [-0.15, -0.1) is 46.7 Å². The summed E-state index contributed by atoms with van der Waals surface area (Å²) in [5, 5.41) is 8.97. The van der Waals surface area contributed by atoms with E-state index in [1.807, 2.05) is 18.4 Å². The molecule has 1 aliphatic rings. The number of thiazole rings is 1. The Bertz CT molecular complexity index is 665. The monoisotopic (exact) mass is 505 g/mol. The van der Waals surface area contributed by atoms with Crippen molar-refractivity contribution in [3.05, 3.63) is 33.5 Å². The summed E-state index contributed by atoms with van der Waals surface area (Å²) in [7, 11) is 3.94. The first-order valence-electron chi connectivity index (χ1n) is 8.90. The van der Waals surface area contributed by atoms with Gasteiger partial charge in [0.2, 0.25) is 0 Å². The molecule has 1 fully saturated rings. The molecule has 3 rings (SSSR count). The number of anilines is 1. The first-order valence-corrected chi connectivity index (χ1v) is 10.7. The smallest absolute Gasteiger partial charge is 0.193 e. The number of nitrogens with zero attached hydrogens (tertiary/aromatic N) is 4. The van der Waals surface area contributed by atoms with Gasteiger partial charge in [0.05, 0.1) is 5.69 Å². The zero-order valence-electron chi connectivity index (χ0n) is 15.5. The van der Waals surface area contributed by atoms with Crippen LogP contribution in [-0.4, -0.2) is 56.1 Å². The molecule has 0 radical (unpaired) electrons. The highest BCUT2D eigenvalue weighted by Crippen LogP contribution is 2.24. The molecule has 1 saturated heterocycles. The average molecular weight is 505 g/mol. The van der Waals surface area contributed by atoms with E-state index in [0.29, 0.717) is 0 Å². The molecule has 0 aromatic carbocycles. The number of aliphatic imine (C=N–C) groups is 1. The summed E-state index contributed by atoms with van der Waals surface area (Å²) in [6.07, 6.45) is 4.58. The van der Waals surface area contributed by atoms with Crippen molar-refractivity contribution in [2.75, 3.05) is 45.2 Å². The number of thiophene rings is 1. The lowest BCUT2D eigenvalue weighted by molar-refractivity contribution is 0.487. The average Bonchev–Trinajstić information content (AvgIpc) is 3.38. The van der Waals surface area contributed by atoms with Crippen LogP contribution in [-0.2, 0) is 12.8 Å². The first-order chi connectivity index (χ1) is 12.3. The van der Waals surface area contributed by atoms with Crippen LogP contribution in [0.4, 0.5) is 5.13 Å². The highest BCUT2D eigenvalue weighted by atomic mass is 127. The van der Waals surface area contributed by atoms with Gasteiger partial charge in [-0.05, 0) is 30.7 Å². The molecular formula is C18H28IN5S2. The Morgan fingerprint density at radius 2 is 2.12 bits per heavy atom. The predicted molar refractivity (Wildman–Crippen MR) is 125 cm³/mol. The van der Waals surface area contributed by atoms with Crippen molar-refractivity contribution in [2.24, 2.45) is 4.99 Å². The van der Waals surface area contributed by atoms with E-state index in [1.165, 1.54) is 28.5 Å². The fourth-order valence-corrected chi connectivity index (χ4v) is 4.60. The number of guanidine groups is 1. The maximum Gasteiger partial charge on any atom is 0.193 e. The van der Waals surface area contributed by atoms with Crippen LogP contribution in [0.1, 0.15) is 23.4 Å². The van der Waals surface area contributed by atoms with Gasteiger partial charge in [-0.1, -0.05) is 6.07 Å². The Morgan fingerprint density at radius 1 is 1.31 bits per heavy atom. The Labute approximate surface area is 181 Å². The van der Waals surface area contributed by atoms with Crippen LogP contribution in [0.15, 0.2) is 27.9 Å². The molecule has 0 amide bonds. The third-order valence-electron chi connectivity index (χ3n) is 4.43. The van der Waals surface area contributed by atoms with Crippen molar-refractivity contribution < 1.29 is 0 Å². The van der Waals surface area contributed by atoms with E-state index in [2.05, 4.69) is 50.0 Å². The third-order valence-corrected chi connectivity index (χ3v) is 6.31. The summed E-state index contributed by atoms with van der Waals surface area (Å²) < 4.78 is 0. The fraction of sp³-hybridized carbons (Fsp3) is 0.556. The Hall–Kier alpha value is -0.870. The number of aromatic nitrogens is 1. The normalized spacial score (nSPS) is 14.4. The van der Waals surface area contributed by atoms with Gasteiger partial charge in [0.25, 0.3) is 0 Å². The number of halogens is 1. The minimum atomic E-state index is 0. The molecule has 0 saturated carbocycles. The molecule has 2 aromatic rings. The van der Waals surface area contributed by atoms with Crippen molar-refractivity contribution in [3.8, 4) is 0 Å². The minimum absolute atomic E-state index is 0. The number of rotatable bonds is 7. The van der Waals surface area contributed by atoms with Crippen molar-refractivity contribution in [3.63, 3.8) is 0 Å². The van der Waals surface area contributed by atoms with Crippen LogP contribution in [0.2, 0.25) is 0 Å². The first kappa shape index (κ1) is 21.4. The quantitative estimate of drug-likeness (QED) is 0.354. The Morgan fingerprint density at radius 3 is 2.81 bits per heavy atom. The molecule has 0 aliphatic carbocycles. The zero-order valence-corrected chi connectivity index (χ0v) is 19.4. The number of nitrogens with one attached hydrogen (secondary N) is 1. The van der Waals surface area contributed by atoms with Crippen molar-refractivity contribution in [2.45, 2.75) is 25.7 Å². The van der Waals surface area contributed by atoms with Gasteiger partial charge >= 0.3 is 0 Å². The van der Waals surface area contributed by atoms with E-state index in [1.54, 1.807) is 11.3 Å². The minimum Gasteiger partial charge on any atom is -0.356 e. The van der Waals surface area contributed by atoms with Crippen molar-refractivity contribution >= 4 is 57.7 Å². The number of likely N-dealkylation sites (N-methyl/N-ethyl adjacent to an activating group) is 1. The molecule has 8 heteroatoms. The molecular weight excluding hydrogens is 477 g/mol. The van der Waals surface area contributed by atoms with E-state index in [9.17, 15) is 0 Å². The molecule has 144 valence electrons. The van der Waals surface area contributed by atoms with Gasteiger partial charge in [-0.2, -0.15) is 0 Å². The molecule has 1 aliphatic heterocycles. The molecule has 0 bridgehead atoms. The van der Waals surface area contributed by atoms with Crippen LogP contribution in [0.5, 0.6) is 0 Å². The summed E-state index contributed by atoms with van der Waals surface area (Å²) in [6, 6.07) is 4.30. The second-order valence-corrected chi connectivity index (χ2v) is 8.16. The summed E-state index contributed by atoms with van der Waals surface area (Å²) in [5.41, 5.74) is 1.18. The molecule has 0 spiro atoms. The Balaban J connectivity index is 0.00000243. The van der Waals surface area contributed by atoms with E-state index in [4.69, 9.17) is 4.98 Å². The van der Waals surface area contributed by atoms with E-state index < -0.39 is 0 Å². The SMILES string of the molecule is CN=C(NCCc1csc(N2CCCC2)n1)N(C)CCc1cccs1.I. The second-order valence-electron chi connectivity index (χ2n) is 6.29. The molecule has 0 unspecified atom stereocenters. The van der Waals surface area contributed by atoms with Crippen molar-refractivity contribution in [1.29, 1.82) is 0 Å². The topological polar surface area (TPSA) is 43.8 Å². The van der Waals surface area contributed by atoms with Gasteiger partial charge in [-0.25, -0.2) is 4.98 Å². The highest BCUT2D eigenvalue weighted by molar-refractivity contribution is 14.0. The largest absolute Gasteiger partial charge is 0.356 e. The molecule has 5 nitrogen and oxygen atoms in total. The summed E-state index contributed by atoms with van der Waals surface area (Å²) in [5.74, 6) is 0.951. The zero-order chi connectivity index (χ0) is 17.5. The Kier molecular flexibility index (Phi) is 9.13. The van der Waals surface area contributed by atoms with Gasteiger partial charge in [0, 0.05) is 57.0 Å². The highest BCUT2D eigenvalue weighted by Gasteiger charge is 2.15. The predicted octanol–water partition coefficient (Wildman–Crippen LogP) is 3.72. The lowest BCUT2D eigenvalue weighted by atomic mass is 10.3. The number of hydrogen-bond acceptors (Lipinski definition) is 5. The molecule has 1 N–H and O–H groups in total. The maximum atomic E-state index is 4.78.